The van der Waals surface area contributed by atoms with Gasteiger partial charge in [0.2, 0.25) is 10.0 Å². The van der Waals surface area contributed by atoms with E-state index >= 15 is 0 Å². The van der Waals surface area contributed by atoms with E-state index in [9.17, 15) is 28.6 Å². The van der Waals surface area contributed by atoms with Gasteiger partial charge in [0, 0.05) is 18.7 Å². The zero-order valence-corrected chi connectivity index (χ0v) is 14.0. The summed E-state index contributed by atoms with van der Waals surface area (Å²) in [4.78, 5) is 19.7. The van der Waals surface area contributed by atoms with E-state index in [-0.39, 0.29) is 12.0 Å². The van der Waals surface area contributed by atoms with Crippen molar-refractivity contribution >= 4 is 21.4 Å². The molecule has 1 aromatic carbocycles. The highest BCUT2D eigenvalue weighted by Crippen LogP contribution is 2.40. The molecule has 0 N–H and O–H groups in total. The molecule has 1 aliphatic rings. The highest BCUT2D eigenvalue weighted by molar-refractivity contribution is 7.89. The number of rotatable bonds is 5. The number of sulfonamides is 1. The van der Waals surface area contributed by atoms with Gasteiger partial charge in [-0.25, -0.2) is 8.42 Å². The van der Waals surface area contributed by atoms with E-state index in [2.05, 4.69) is 6.58 Å². The molecule has 0 radical (unpaired) electrons. The summed E-state index contributed by atoms with van der Waals surface area (Å²) in [6.07, 6.45) is 2.03. The van der Waals surface area contributed by atoms with Gasteiger partial charge >= 0.3 is 0 Å². The smallest absolute Gasteiger partial charge is 0.258 e. The van der Waals surface area contributed by atoms with Crippen LogP contribution in [-0.2, 0) is 10.0 Å². The highest BCUT2D eigenvalue weighted by atomic mass is 32.2. The third-order valence-electron chi connectivity index (χ3n) is 3.92. The Morgan fingerprint density at radius 2 is 1.92 bits per heavy atom. The summed E-state index contributed by atoms with van der Waals surface area (Å²) in [5.74, 6) is 0. The normalized spacial score (nSPS) is 20.7. The van der Waals surface area contributed by atoms with Gasteiger partial charge in [-0.05, 0) is 17.9 Å². The Morgan fingerprint density at radius 1 is 1.29 bits per heavy atom. The van der Waals surface area contributed by atoms with Gasteiger partial charge in [0.15, 0.2) is 4.90 Å². The van der Waals surface area contributed by atoms with Crippen molar-refractivity contribution in [1.29, 1.82) is 0 Å². The van der Waals surface area contributed by atoms with Crippen molar-refractivity contribution in [2.75, 3.05) is 6.54 Å². The molecule has 1 atom stereocenters. The average Bonchev–Trinajstić information content (AvgIpc) is 2.82. The van der Waals surface area contributed by atoms with Crippen LogP contribution in [0.25, 0.3) is 0 Å². The monoisotopic (exact) mass is 355 g/mol. The maximum Gasteiger partial charge on any atom is 0.296 e. The minimum Gasteiger partial charge on any atom is -0.258 e. The second-order valence-corrected chi connectivity index (χ2v) is 8.25. The minimum absolute atomic E-state index is 0.181. The summed E-state index contributed by atoms with van der Waals surface area (Å²) in [5.41, 5.74) is -1.65. The predicted molar refractivity (Wildman–Crippen MR) is 86.0 cm³/mol. The largest absolute Gasteiger partial charge is 0.296 e. The van der Waals surface area contributed by atoms with E-state index in [0.29, 0.717) is 12.5 Å². The van der Waals surface area contributed by atoms with Crippen molar-refractivity contribution in [2.45, 2.75) is 31.2 Å². The Morgan fingerprint density at radius 3 is 2.42 bits per heavy atom. The molecule has 2 rings (SSSR count). The summed E-state index contributed by atoms with van der Waals surface area (Å²) in [7, 11) is -4.19. The molecule has 1 saturated heterocycles. The molecule has 0 bridgehead atoms. The van der Waals surface area contributed by atoms with E-state index in [1.165, 1.54) is 6.08 Å². The van der Waals surface area contributed by atoms with Crippen LogP contribution in [0.2, 0.25) is 0 Å². The van der Waals surface area contributed by atoms with Crippen LogP contribution in [0.5, 0.6) is 0 Å². The van der Waals surface area contributed by atoms with Gasteiger partial charge in [0.1, 0.15) is 0 Å². The molecule has 1 fully saturated rings. The average molecular weight is 355 g/mol. The zero-order valence-electron chi connectivity index (χ0n) is 13.2. The number of non-ortho nitro benzene ring substituents is 1. The van der Waals surface area contributed by atoms with Crippen LogP contribution in [0.4, 0.5) is 11.4 Å². The molecule has 10 heteroatoms. The number of hydrogen-bond donors (Lipinski definition) is 0. The Bertz CT molecular complexity index is 818. The van der Waals surface area contributed by atoms with Crippen LogP contribution >= 0.6 is 0 Å². The first kappa shape index (κ1) is 18.0. The Hall–Kier alpha value is -2.33. The van der Waals surface area contributed by atoms with Crippen LogP contribution in [0.15, 0.2) is 35.7 Å². The van der Waals surface area contributed by atoms with Crippen molar-refractivity contribution in [3.63, 3.8) is 0 Å². The lowest BCUT2D eigenvalue weighted by molar-refractivity contribution is -0.396. The third kappa shape index (κ3) is 3.15. The van der Waals surface area contributed by atoms with Crippen molar-refractivity contribution in [3.8, 4) is 0 Å². The second kappa shape index (κ2) is 5.95. The Labute approximate surface area is 138 Å². The Balaban J connectivity index is 2.59. The van der Waals surface area contributed by atoms with E-state index in [4.69, 9.17) is 0 Å². The molecule has 1 heterocycles. The molecule has 1 aliphatic heterocycles. The van der Waals surface area contributed by atoms with Gasteiger partial charge in [0.25, 0.3) is 11.4 Å². The van der Waals surface area contributed by atoms with Gasteiger partial charge in [-0.3, -0.25) is 20.2 Å². The fraction of sp³-hybridized carbons (Fsp3) is 0.429. The highest BCUT2D eigenvalue weighted by Gasteiger charge is 2.44. The zero-order chi connectivity index (χ0) is 18.3. The van der Waals surface area contributed by atoms with Gasteiger partial charge in [-0.15, -0.1) is 6.58 Å². The molecule has 130 valence electrons. The first-order chi connectivity index (χ1) is 11.0. The quantitative estimate of drug-likeness (QED) is 0.454. The van der Waals surface area contributed by atoms with Crippen LogP contribution in [-0.4, -0.2) is 35.2 Å². The van der Waals surface area contributed by atoms with Crippen LogP contribution in [0.1, 0.15) is 20.3 Å². The first-order valence-electron chi connectivity index (χ1n) is 7.07. The topological polar surface area (TPSA) is 124 Å². The van der Waals surface area contributed by atoms with Crippen molar-refractivity contribution < 1.29 is 18.3 Å². The molecule has 0 aromatic heterocycles. The van der Waals surface area contributed by atoms with Crippen LogP contribution < -0.4 is 0 Å². The lowest BCUT2D eigenvalue weighted by atomic mass is 9.91. The molecule has 1 unspecified atom stereocenters. The van der Waals surface area contributed by atoms with Gasteiger partial charge in [-0.1, -0.05) is 19.9 Å². The Kier molecular flexibility index (Phi) is 4.46. The van der Waals surface area contributed by atoms with Crippen molar-refractivity contribution in [2.24, 2.45) is 5.41 Å². The van der Waals surface area contributed by atoms with E-state index in [0.717, 1.165) is 16.4 Å². The summed E-state index contributed by atoms with van der Waals surface area (Å²) >= 11 is 0. The number of nitrogens with zero attached hydrogens (tertiary/aromatic N) is 3. The molecular weight excluding hydrogens is 338 g/mol. The lowest BCUT2D eigenvalue weighted by Crippen LogP contribution is -2.35. The number of nitro benzene ring substituents is 2. The summed E-state index contributed by atoms with van der Waals surface area (Å²) < 4.78 is 27.0. The SMILES string of the molecule is C=CC1CC(C)(C)CN1S(=O)(=O)c1ccc([N+](=O)[O-])cc1[N+](=O)[O-]. The van der Waals surface area contributed by atoms with Crippen LogP contribution in [0.3, 0.4) is 0 Å². The molecule has 1 aromatic rings. The minimum atomic E-state index is -4.19. The maximum absolute atomic E-state index is 12.9. The molecule has 0 aliphatic carbocycles. The van der Waals surface area contributed by atoms with Crippen LogP contribution in [0, 0.1) is 25.6 Å². The number of nitro groups is 2. The van der Waals surface area contributed by atoms with Crippen molar-refractivity contribution in [1.82, 2.24) is 4.31 Å². The molecule has 0 saturated carbocycles. The predicted octanol–water partition coefficient (Wildman–Crippen LogP) is 2.48. The molecule has 9 nitrogen and oxygen atoms in total. The molecule has 0 amide bonds. The summed E-state index contributed by atoms with van der Waals surface area (Å²) in [6, 6.07) is 2.04. The van der Waals surface area contributed by atoms with Gasteiger partial charge in [0.05, 0.1) is 15.9 Å². The standard InChI is InChI=1S/C14H17N3O6S/c1-4-10-8-14(2,3)9-15(10)24(22,23)13-6-5-11(16(18)19)7-12(13)17(20)21/h4-7,10H,1,8-9H2,2-3H3. The van der Waals surface area contributed by atoms with Crippen molar-refractivity contribution in [3.05, 3.63) is 51.1 Å². The van der Waals surface area contributed by atoms with Gasteiger partial charge < -0.3 is 0 Å². The number of hydrogen-bond acceptors (Lipinski definition) is 6. The fourth-order valence-electron chi connectivity index (χ4n) is 2.84. The molecular formula is C14H17N3O6S. The fourth-order valence-corrected chi connectivity index (χ4v) is 4.77. The maximum atomic E-state index is 12.9. The lowest BCUT2D eigenvalue weighted by Gasteiger charge is -2.22. The number of benzene rings is 1. The molecule has 0 spiro atoms. The first-order valence-corrected chi connectivity index (χ1v) is 8.51. The summed E-state index contributed by atoms with van der Waals surface area (Å²) in [5, 5.41) is 22.0. The second-order valence-electron chi connectivity index (χ2n) is 6.39. The van der Waals surface area contributed by atoms with E-state index < -0.39 is 42.2 Å². The van der Waals surface area contributed by atoms with E-state index in [1.807, 2.05) is 13.8 Å². The third-order valence-corrected chi connectivity index (χ3v) is 5.84. The summed E-state index contributed by atoms with van der Waals surface area (Å²) in [6.45, 7) is 7.60. The van der Waals surface area contributed by atoms with E-state index in [1.54, 1.807) is 0 Å². The van der Waals surface area contributed by atoms with Gasteiger partial charge in [-0.2, -0.15) is 4.31 Å². The molecule has 24 heavy (non-hydrogen) atoms.